The number of amides is 1. The van der Waals surface area contributed by atoms with Crippen molar-refractivity contribution in [1.82, 2.24) is 19.9 Å². The zero-order valence-electron chi connectivity index (χ0n) is 11.8. The highest BCUT2D eigenvalue weighted by Crippen LogP contribution is 2.29. The van der Waals surface area contributed by atoms with Crippen molar-refractivity contribution in [3.63, 3.8) is 0 Å². The molecule has 0 spiro atoms. The molecule has 7 nitrogen and oxygen atoms in total. The molecule has 3 rings (SSSR count). The van der Waals surface area contributed by atoms with Crippen molar-refractivity contribution in [1.29, 1.82) is 0 Å². The summed E-state index contributed by atoms with van der Waals surface area (Å²) in [5.74, 6) is 0.167. The van der Waals surface area contributed by atoms with Gasteiger partial charge in [0, 0.05) is 12.4 Å². The normalized spacial score (nSPS) is 25.7. The van der Waals surface area contributed by atoms with Crippen LogP contribution in [0.5, 0.6) is 0 Å². The molecule has 1 amide bonds. The van der Waals surface area contributed by atoms with Crippen LogP contribution in [0.15, 0.2) is 29.5 Å². The van der Waals surface area contributed by atoms with Crippen LogP contribution in [0.4, 0.5) is 0 Å². The van der Waals surface area contributed by atoms with Gasteiger partial charge in [0.05, 0.1) is 24.5 Å². The molecule has 2 N–H and O–H groups in total. The molecule has 0 saturated heterocycles. The molecular weight excluding hydrogens is 272 g/mol. The molecule has 112 valence electrons. The van der Waals surface area contributed by atoms with E-state index in [1.807, 2.05) is 10.8 Å². The van der Waals surface area contributed by atoms with E-state index in [2.05, 4.69) is 15.3 Å². The minimum atomic E-state index is -0.649. The summed E-state index contributed by atoms with van der Waals surface area (Å²) in [5.41, 5.74) is 0.270. The Bertz CT molecular complexity index is 608. The molecular formula is C14H18N4O3. The van der Waals surface area contributed by atoms with E-state index >= 15 is 0 Å². The Hall–Kier alpha value is -2.15. The van der Waals surface area contributed by atoms with Gasteiger partial charge in [-0.05, 0) is 26.2 Å². The van der Waals surface area contributed by atoms with Crippen LogP contribution < -0.4 is 5.32 Å². The average molecular weight is 290 g/mol. The number of oxazole rings is 1. The van der Waals surface area contributed by atoms with E-state index in [0.29, 0.717) is 5.76 Å². The number of aliphatic hydroxyl groups is 1. The maximum absolute atomic E-state index is 12.2. The number of hydrogen-bond donors (Lipinski definition) is 2. The van der Waals surface area contributed by atoms with Crippen molar-refractivity contribution in [3.05, 3.63) is 36.6 Å². The Balaban J connectivity index is 1.71. The second-order valence-corrected chi connectivity index (χ2v) is 5.34. The number of aryl methyl sites for hydroxylation is 1. The van der Waals surface area contributed by atoms with Gasteiger partial charge in [0.25, 0.3) is 5.91 Å². The molecule has 2 heterocycles. The highest BCUT2D eigenvalue weighted by atomic mass is 16.3. The molecule has 0 aromatic carbocycles. The van der Waals surface area contributed by atoms with Gasteiger partial charge in [0.15, 0.2) is 12.1 Å². The third-order valence-corrected chi connectivity index (χ3v) is 4.01. The van der Waals surface area contributed by atoms with Crippen LogP contribution in [0.2, 0.25) is 0 Å². The van der Waals surface area contributed by atoms with E-state index in [-0.39, 0.29) is 23.7 Å². The predicted octanol–water partition coefficient (Wildman–Crippen LogP) is 1.06. The van der Waals surface area contributed by atoms with Gasteiger partial charge in [-0.15, -0.1) is 0 Å². The first-order chi connectivity index (χ1) is 10.2. The van der Waals surface area contributed by atoms with E-state index in [4.69, 9.17) is 4.42 Å². The van der Waals surface area contributed by atoms with Crippen molar-refractivity contribution in [2.45, 2.75) is 44.4 Å². The van der Waals surface area contributed by atoms with E-state index in [1.165, 1.54) is 6.39 Å². The average Bonchev–Trinajstić information content (AvgIpc) is 3.12. The molecule has 1 aliphatic carbocycles. The molecule has 1 saturated carbocycles. The highest BCUT2D eigenvalue weighted by molar-refractivity contribution is 5.93. The SMILES string of the molecule is Cc1ocnc1C(=O)N[C@@H]1CCC[C@@H](n2ccnc2)[C@@H]1O. The zero-order chi connectivity index (χ0) is 14.8. The summed E-state index contributed by atoms with van der Waals surface area (Å²) in [6.45, 7) is 1.69. The topological polar surface area (TPSA) is 93.2 Å². The van der Waals surface area contributed by atoms with Crippen molar-refractivity contribution in [2.75, 3.05) is 0 Å². The Morgan fingerprint density at radius 1 is 1.52 bits per heavy atom. The van der Waals surface area contributed by atoms with Crippen LogP contribution in [-0.4, -0.2) is 37.7 Å². The van der Waals surface area contributed by atoms with Gasteiger partial charge in [-0.3, -0.25) is 4.79 Å². The van der Waals surface area contributed by atoms with Gasteiger partial charge in [0.1, 0.15) is 5.76 Å². The van der Waals surface area contributed by atoms with Crippen LogP contribution >= 0.6 is 0 Å². The molecule has 1 fully saturated rings. The summed E-state index contributed by atoms with van der Waals surface area (Å²) in [6, 6.07) is -0.361. The van der Waals surface area contributed by atoms with Crippen LogP contribution in [0.3, 0.4) is 0 Å². The van der Waals surface area contributed by atoms with Crippen LogP contribution in [-0.2, 0) is 0 Å². The summed E-state index contributed by atoms with van der Waals surface area (Å²) in [7, 11) is 0. The summed E-state index contributed by atoms with van der Waals surface area (Å²) in [6.07, 6.45) is 8.36. The number of nitrogens with one attached hydrogen (secondary N) is 1. The van der Waals surface area contributed by atoms with Gasteiger partial charge in [-0.2, -0.15) is 0 Å². The molecule has 2 aromatic heterocycles. The first-order valence-electron chi connectivity index (χ1n) is 7.03. The predicted molar refractivity (Wildman–Crippen MR) is 73.6 cm³/mol. The summed E-state index contributed by atoms with van der Waals surface area (Å²) < 4.78 is 6.93. The molecule has 0 unspecified atom stereocenters. The lowest BCUT2D eigenvalue weighted by Crippen LogP contribution is -2.49. The van der Waals surface area contributed by atoms with Gasteiger partial charge < -0.3 is 19.4 Å². The molecule has 3 atom stereocenters. The van der Waals surface area contributed by atoms with E-state index in [0.717, 1.165) is 19.3 Å². The molecule has 2 aromatic rings. The van der Waals surface area contributed by atoms with Gasteiger partial charge >= 0.3 is 0 Å². The quantitative estimate of drug-likeness (QED) is 0.881. The van der Waals surface area contributed by atoms with Crippen molar-refractivity contribution >= 4 is 5.91 Å². The van der Waals surface area contributed by atoms with E-state index < -0.39 is 6.10 Å². The monoisotopic (exact) mass is 290 g/mol. The second kappa shape index (κ2) is 5.69. The fraction of sp³-hybridized carbons (Fsp3) is 0.500. The molecule has 0 bridgehead atoms. The Kier molecular flexibility index (Phi) is 3.74. The highest BCUT2D eigenvalue weighted by Gasteiger charge is 2.34. The fourth-order valence-corrected chi connectivity index (χ4v) is 2.87. The van der Waals surface area contributed by atoms with Crippen molar-refractivity contribution in [3.8, 4) is 0 Å². The zero-order valence-corrected chi connectivity index (χ0v) is 11.8. The Morgan fingerprint density at radius 3 is 3.05 bits per heavy atom. The molecule has 0 radical (unpaired) electrons. The van der Waals surface area contributed by atoms with Gasteiger partial charge in [0.2, 0.25) is 0 Å². The van der Waals surface area contributed by atoms with E-state index in [1.54, 1.807) is 19.4 Å². The molecule has 0 aliphatic heterocycles. The van der Waals surface area contributed by atoms with Gasteiger partial charge in [-0.25, -0.2) is 9.97 Å². The van der Waals surface area contributed by atoms with Crippen LogP contribution in [0.25, 0.3) is 0 Å². The van der Waals surface area contributed by atoms with Crippen molar-refractivity contribution < 1.29 is 14.3 Å². The lowest BCUT2D eigenvalue weighted by Gasteiger charge is -2.35. The number of carbonyl (C=O) groups excluding carboxylic acids is 1. The number of nitrogens with zero attached hydrogens (tertiary/aromatic N) is 3. The van der Waals surface area contributed by atoms with Crippen LogP contribution in [0.1, 0.15) is 41.6 Å². The van der Waals surface area contributed by atoms with Crippen molar-refractivity contribution in [2.24, 2.45) is 0 Å². The van der Waals surface area contributed by atoms with Gasteiger partial charge in [-0.1, -0.05) is 0 Å². The second-order valence-electron chi connectivity index (χ2n) is 5.34. The minimum Gasteiger partial charge on any atom is -0.448 e. The lowest BCUT2D eigenvalue weighted by molar-refractivity contribution is 0.0397. The summed E-state index contributed by atoms with van der Waals surface area (Å²) in [5, 5.41) is 13.4. The number of rotatable bonds is 3. The number of carbonyl (C=O) groups is 1. The third-order valence-electron chi connectivity index (χ3n) is 4.01. The number of imidazole rings is 1. The van der Waals surface area contributed by atoms with E-state index in [9.17, 15) is 9.90 Å². The lowest BCUT2D eigenvalue weighted by atomic mass is 9.88. The minimum absolute atomic E-state index is 0.0649. The summed E-state index contributed by atoms with van der Waals surface area (Å²) in [4.78, 5) is 20.1. The number of aromatic nitrogens is 3. The maximum Gasteiger partial charge on any atom is 0.273 e. The maximum atomic E-state index is 12.2. The first kappa shape index (κ1) is 13.8. The summed E-state index contributed by atoms with van der Waals surface area (Å²) >= 11 is 0. The fourth-order valence-electron chi connectivity index (χ4n) is 2.87. The third kappa shape index (κ3) is 2.69. The Labute approximate surface area is 122 Å². The molecule has 21 heavy (non-hydrogen) atoms. The number of hydrogen-bond acceptors (Lipinski definition) is 5. The Morgan fingerprint density at radius 2 is 2.38 bits per heavy atom. The number of aliphatic hydroxyl groups excluding tert-OH is 1. The molecule has 7 heteroatoms. The molecule has 1 aliphatic rings. The standard InChI is InChI=1S/C14H18N4O3/c1-9-12(16-8-21-9)14(20)17-10-3-2-4-11(13(10)19)18-6-5-15-7-18/h5-8,10-11,13,19H,2-4H2,1H3,(H,17,20)/t10-,11-,13-/m1/s1. The first-order valence-corrected chi connectivity index (χ1v) is 7.03. The van der Waals surface area contributed by atoms with Crippen LogP contribution in [0, 0.1) is 6.92 Å². The largest absolute Gasteiger partial charge is 0.448 e. The smallest absolute Gasteiger partial charge is 0.273 e.